The molecule has 0 atom stereocenters. The van der Waals surface area contributed by atoms with Crippen molar-refractivity contribution < 1.29 is 19.2 Å². The molecule has 4 N–H and O–H groups in total. The van der Waals surface area contributed by atoms with Crippen molar-refractivity contribution in [3.05, 3.63) is 0 Å². The highest BCUT2D eigenvalue weighted by molar-refractivity contribution is 6.46. The van der Waals surface area contributed by atoms with Crippen molar-refractivity contribution in [3.63, 3.8) is 0 Å². The zero-order chi connectivity index (χ0) is 7.21. The summed E-state index contributed by atoms with van der Waals surface area (Å²) in [6.45, 7) is 4.25. The number of hydrogen-bond donors (Lipinski definition) is 4. The molecule has 0 rings (SSSR count). The van der Waals surface area contributed by atoms with Crippen molar-refractivity contribution in [2.75, 3.05) is 0 Å². The maximum absolute atomic E-state index is 7.33. The van der Waals surface area contributed by atoms with Crippen LogP contribution in [-0.4, -0.2) is 28.2 Å². The van der Waals surface area contributed by atoms with Crippen molar-refractivity contribution in [1.29, 1.82) is 0 Å². The molecule has 0 aromatic carbocycles. The topological polar surface area (TPSA) is 80.9 Å². The van der Waals surface area contributed by atoms with Crippen LogP contribution in [0.25, 0.3) is 0 Å². The fourth-order valence-corrected chi connectivity index (χ4v) is 0. The van der Waals surface area contributed by atoms with Gasteiger partial charge in [-0.2, -0.15) is 0 Å². The molecular weight excluding hydrogens is 128 g/mol. The predicted molar refractivity (Wildman–Crippen MR) is 30.6 cm³/mol. The Morgan fingerprint density at radius 3 is 1.00 bits per heavy atom. The molecule has 0 fully saturated rings. The molecular formula is C3H12O4Si. The van der Waals surface area contributed by atoms with Gasteiger partial charge in [-0.05, 0) is 0 Å². The van der Waals surface area contributed by atoms with Gasteiger partial charge >= 0.3 is 9.05 Å². The molecule has 0 heterocycles. The highest BCUT2D eigenvalue weighted by atomic mass is 28.4. The van der Waals surface area contributed by atoms with Crippen LogP contribution in [0.1, 0.15) is 20.3 Å². The van der Waals surface area contributed by atoms with Crippen LogP contribution in [0.4, 0.5) is 0 Å². The molecule has 0 saturated heterocycles. The highest BCUT2D eigenvalue weighted by Crippen LogP contribution is 1.67. The van der Waals surface area contributed by atoms with Gasteiger partial charge in [0.25, 0.3) is 0 Å². The summed E-state index contributed by atoms with van der Waals surface area (Å²) in [5, 5.41) is 0. The Morgan fingerprint density at radius 1 is 1.00 bits per heavy atom. The lowest BCUT2D eigenvalue weighted by Crippen LogP contribution is -2.33. The Hall–Kier alpha value is 0.0569. The van der Waals surface area contributed by atoms with Crippen molar-refractivity contribution in [2.45, 2.75) is 20.3 Å². The van der Waals surface area contributed by atoms with E-state index in [0.29, 0.717) is 0 Å². The van der Waals surface area contributed by atoms with Crippen LogP contribution in [0, 0.1) is 0 Å². The van der Waals surface area contributed by atoms with E-state index in [4.69, 9.17) is 19.2 Å². The van der Waals surface area contributed by atoms with E-state index in [-0.39, 0.29) is 0 Å². The highest BCUT2D eigenvalue weighted by Gasteiger charge is 2.22. The summed E-state index contributed by atoms with van der Waals surface area (Å²) in [5.41, 5.74) is 0. The van der Waals surface area contributed by atoms with E-state index in [1.54, 1.807) is 0 Å². The first-order chi connectivity index (χ1) is 3.41. The van der Waals surface area contributed by atoms with Crippen molar-refractivity contribution in [1.82, 2.24) is 0 Å². The van der Waals surface area contributed by atoms with Crippen LogP contribution in [0.5, 0.6) is 0 Å². The van der Waals surface area contributed by atoms with E-state index < -0.39 is 9.05 Å². The summed E-state index contributed by atoms with van der Waals surface area (Å²) in [7, 11) is -4.61. The standard InChI is InChI=1S/C3H8.H4O4Si/c1-3-2;1-5(2,3)4/h3H2,1-2H3;1-4H. The first-order valence-corrected chi connectivity index (χ1v) is 4.10. The van der Waals surface area contributed by atoms with Crippen LogP contribution >= 0.6 is 0 Å². The molecule has 8 heavy (non-hydrogen) atoms. The molecule has 0 aromatic rings. The van der Waals surface area contributed by atoms with Crippen molar-refractivity contribution in [3.8, 4) is 0 Å². The predicted octanol–water partition coefficient (Wildman–Crippen LogP) is -1.19. The fraction of sp³-hybridized carbons (Fsp3) is 1.00. The summed E-state index contributed by atoms with van der Waals surface area (Å²) < 4.78 is 0. The van der Waals surface area contributed by atoms with Gasteiger partial charge in [0.1, 0.15) is 0 Å². The Labute approximate surface area is 49.5 Å². The minimum absolute atomic E-state index is 1.25. The maximum Gasteiger partial charge on any atom is 0.668 e. The van der Waals surface area contributed by atoms with Crippen LogP contribution in [0.2, 0.25) is 0 Å². The van der Waals surface area contributed by atoms with Gasteiger partial charge in [0.05, 0.1) is 0 Å². The van der Waals surface area contributed by atoms with Gasteiger partial charge < -0.3 is 19.2 Å². The Balaban J connectivity index is 0. The lowest BCUT2D eigenvalue weighted by molar-refractivity contribution is 0.117. The van der Waals surface area contributed by atoms with E-state index in [2.05, 4.69) is 13.8 Å². The molecule has 0 spiro atoms. The van der Waals surface area contributed by atoms with Crippen molar-refractivity contribution in [2.24, 2.45) is 0 Å². The third-order valence-electron chi connectivity index (χ3n) is 0. The lowest BCUT2D eigenvalue weighted by atomic mass is 10.6. The van der Waals surface area contributed by atoms with Gasteiger partial charge in [-0.15, -0.1) is 0 Å². The van der Waals surface area contributed by atoms with Gasteiger partial charge in [-0.1, -0.05) is 20.3 Å². The Bertz CT molecular complexity index is 35.0. The van der Waals surface area contributed by atoms with E-state index in [1.165, 1.54) is 6.42 Å². The van der Waals surface area contributed by atoms with Crippen LogP contribution in [-0.2, 0) is 0 Å². The maximum atomic E-state index is 7.33. The van der Waals surface area contributed by atoms with Gasteiger partial charge in [0.2, 0.25) is 0 Å². The minimum Gasteiger partial charge on any atom is -0.368 e. The van der Waals surface area contributed by atoms with E-state index >= 15 is 0 Å². The quantitative estimate of drug-likeness (QED) is 0.319. The normalized spacial score (nSPS) is 9.75. The SMILES string of the molecule is CCC.O[Si](O)(O)O. The van der Waals surface area contributed by atoms with Crippen LogP contribution in [0.15, 0.2) is 0 Å². The molecule has 0 aliphatic carbocycles. The summed E-state index contributed by atoms with van der Waals surface area (Å²) >= 11 is 0. The third kappa shape index (κ3) is 47900. The first kappa shape index (κ1) is 10.9. The molecule has 52 valence electrons. The van der Waals surface area contributed by atoms with Crippen LogP contribution < -0.4 is 0 Å². The van der Waals surface area contributed by atoms with E-state index in [0.717, 1.165) is 0 Å². The van der Waals surface area contributed by atoms with Crippen LogP contribution in [0.3, 0.4) is 0 Å². The van der Waals surface area contributed by atoms with Gasteiger partial charge in [0, 0.05) is 0 Å². The smallest absolute Gasteiger partial charge is 0.368 e. The molecule has 0 radical (unpaired) electrons. The molecule has 4 nitrogen and oxygen atoms in total. The second-order valence-electron chi connectivity index (χ2n) is 1.31. The average Bonchev–Trinajstić information content (AvgIpc) is 1.27. The summed E-state index contributed by atoms with van der Waals surface area (Å²) in [6.07, 6.45) is 1.25. The zero-order valence-electron chi connectivity index (χ0n) is 5.00. The summed E-state index contributed by atoms with van der Waals surface area (Å²) in [5.74, 6) is 0. The second kappa shape index (κ2) is 5.20. The second-order valence-corrected chi connectivity index (χ2v) is 2.51. The van der Waals surface area contributed by atoms with E-state index in [1.807, 2.05) is 0 Å². The minimum atomic E-state index is -4.61. The largest absolute Gasteiger partial charge is 0.668 e. The molecule has 5 heteroatoms. The first-order valence-electron chi connectivity index (χ1n) is 2.31. The van der Waals surface area contributed by atoms with Crippen molar-refractivity contribution >= 4 is 9.05 Å². The molecule has 0 aromatic heterocycles. The Morgan fingerprint density at radius 2 is 1.00 bits per heavy atom. The lowest BCUT2D eigenvalue weighted by Gasteiger charge is -1.91. The third-order valence-corrected chi connectivity index (χ3v) is 0. The average molecular weight is 140 g/mol. The fourth-order valence-electron chi connectivity index (χ4n) is 0. The molecule has 0 aliphatic heterocycles. The monoisotopic (exact) mass is 140 g/mol. The zero-order valence-corrected chi connectivity index (χ0v) is 6.00. The molecule has 0 bridgehead atoms. The van der Waals surface area contributed by atoms with E-state index in [9.17, 15) is 0 Å². The Kier molecular flexibility index (Phi) is 7.11. The number of rotatable bonds is 0. The molecule has 0 saturated carbocycles. The van der Waals surface area contributed by atoms with Gasteiger partial charge in [-0.3, -0.25) is 0 Å². The number of hydrogen-bond acceptors (Lipinski definition) is 4. The van der Waals surface area contributed by atoms with Gasteiger partial charge in [0.15, 0.2) is 0 Å². The van der Waals surface area contributed by atoms with Gasteiger partial charge in [-0.25, -0.2) is 0 Å². The molecule has 0 aliphatic rings. The summed E-state index contributed by atoms with van der Waals surface area (Å²) in [6, 6.07) is 0. The molecule has 0 unspecified atom stereocenters. The summed E-state index contributed by atoms with van der Waals surface area (Å²) in [4.78, 5) is 29.3. The molecule has 0 amide bonds.